The molecule has 0 amide bonds. The second kappa shape index (κ2) is 7.13. The minimum absolute atomic E-state index is 0.313. The van der Waals surface area contributed by atoms with Crippen molar-refractivity contribution in [3.05, 3.63) is 42.0 Å². The normalized spacial score (nSPS) is 10.8. The van der Waals surface area contributed by atoms with Crippen molar-refractivity contribution in [3.63, 3.8) is 0 Å². The molecular weight excluding hydrogens is 228 g/mol. The molecule has 0 atom stereocenters. The number of nitrogens with zero attached hydrogens (tertiary/aromatic N) is 2. The van der Waals surface area contributed by atoms with Crippen LogP contribution >= 0.6 is 0 Å². The number of carbonyl (C=O) groups is 1. The number of carboxylic acids is 1. The van der Waals surface area contributed by atoms with Crippen LogP contribution in [0.1, 0.15) is 13.3 Å². The minimum Gasteiger partial charge on any atom is -0.478 e. The number of carboxylic acid groups (broad SMARTS) is 1. The van der Waals surface area contributed by atoms with Crippen LogP contribution in [-0.2, 0) is 4.79 Å². The van der Waals surface area contributed by atoms with E-state index in [0.717, 1.165) is 5.69 Å². The number of para-hydroxylation sites is 1. The standard InChI is InChI=1S/C14H16N2O2/c1-12(14(17)18)8-11-16(10-5-9-15)13-6-3-2-4-7-13/h2-4,6-8H,5,10-11H2,1H3,(H,17,18). The van der Waals surface area contributed by atoms with E-state index in [2.05, 4.69) is 6.07 Å². The molecule has 0 bridgehead atoms. The number of nitriles is 1. The first-order chi connectivity index (χ1) is 8.65. The molecule has 0 aromatic heterocycles. The van der Waals surface area contributed by atoms with E-state index in [0.29, 0.717) is 25.1 Å². The van der Waals surface area contributed by atoms with Crippen molar-refractivity contribution in [1.82, 2.24) is 0 Å². The van der Waals surface area contributed by atoms with Crippen molar-refractivity contribution in [2.75, 3.05) is 18.0 Å². The molecule has 1 rings (SSSR count). The third-order valence-electron chi connectivity index (χ3n) is 2.57. The van der Waals surface area contributed by atoms with Gasteiger partial charge in [-0.25, -0.2) is 4.79 Å². The highest BCUT2D eigenvalue weighted by atomic mass is 16.4. The summed E-state index contributed by atoms with van der Waals surface area (Å²) in [4.78, 5) is 12.7. The van der Waals surface area contributed by atoms with E-state index in [1.54, 1.807) is 13.0 Å². The van der Waals surface area contributed by atoms with E-state index < -0.39 is 5.97 Å². The van der Waals surface area contributed by atoms with Crippen molar-refractivity contribution in [3.8, 4) is 6.07 Å². The SMILES string of the molecule is CC(=CCN(CCC#N)c1ccccc1)C(=O)O. The summed E-state index contributed by atoms with van der Waals surface area (Å²) >= 11 is 0. The molecule has 0 aliphatic heterocycles. The number of rotatable bonds is 6. The molecule has 4 heteroatoms. The molecular formula is C14H16N2O2. The summed E-state index contributed by atoms with van der Waals surface area (Å²) in [5, 5.41) is 17.4. The lowest BCUT2D eigenvalue weighted by Crippen LogP contribution is -2.24. The summed E-state index contributed by atoms with van der Waals surface area (Å²) in [7, 11) is 0. The molecule has 0 heterocycles. The lowest BCUT2D eigenvalue weighted by atomic mass is 10.2. The van der Waals surface area contributed by atoms with Crippen LogP contribution in [0, 0.1) is 11.3 Å². The van der Waals surface area contributed by atoms with E-state index in [1.165, 1.54) is 0 Å². The molecule has 0 spiro atoms. The third kappa shape index (κ3) is 4.30. The monoisotopic (exact) mass is 244 g/mol. The highest BCUT2D eigenvalue weighted by molar-refractivity contribution is 5.85. The van der Waals surface area contributed by atoms with Crippen LogP contribution in [0.5, 0.6) is 0 Å². The molecule has 4 nitrogen and oxygen atoms in total. The molecule has 0 saturated heterocycles. The fraction of sp³-hybridized carbons (Fsp3) is 0.286. The number of hydrogen-bond acceptors (Lipinski definition) is 3. The van der Waals surface area contributed by atoms with Gasteiger partial charge in [0.2, 0.25) is 0 Å². The van der Waals surface area contributed by atoms with Crippen LogP contribution in [0.2, 0.25) is 0 Å². The van der Waals surface area contributed by atoms with Crippen LogP contribution in [-0.4, -0.2) is 24.2 Å². The maximum atomic E-state index is 10.7. The van der Waals surface area contributed by atoms with Gasteiger partial charge in [-0.2, -0.15) is 5.26 Å². The molecule has 0 saturated carbocycles. The Balaban J connectivity index is 2.77. The Kier molecular flexibility index (Phi) is 5.46. The van der Waals surface area contributed by atoms with Gasteiger partial charge >= 0.3 is 5.97 Å². The number of hydrogen-bond donors (Lipinski definition) is 1. The molecule has 0 aliphatic rings. The van der Waals surface area contributed by atoms with E-state index in [4.69, 9.17) is 10.4 Å². The Labute approximate surface area is 107 Å². The average molecular weight is 244 g/mol. The predicted octanol–water partition coefficient (Wildman–Crippen LogP) is 2.44. The second-order valence-electron chi connectivity index (χ2n) is 3.88. The van der Waals surface area contributed by atoms with Gasteiger partial charge in [0.25, 0.3) is 0 Å². The average Bonchev–Trinajstić information content (AvgIpc) is 2.39. The first-order valence-electron chi connectivity index (χ1n) is 5.72. The topological polar surface area (TPSA) is 64.3 Å². The Morgan fingerprint density at radius 3 is 2.67 bits per heavy atom. The maximum Gasteiger partial charge on any atom is 0.331 e. The first kappa shape index (κ1) is 13.8. The fourth-order valence-electron chi connectivity index (χ4n) is 1.48. The molecule has 18 heavy (non-hydrogen) atoms. The Morgan fingerprint density at radius 2 is 2.11 bits per heavy atom. The van der Waals surface area contributed by atoms with Crippen LogP contribution < -0.4 is 4.90 Å². The van der Waals surface area contributed by atoms with Crippen molar-refractivity contribution in [1.29, 1.82) is 5.26 Å². The van der Waals surface area contributed by atoms with Gasteiger partial charge in [-0.15, -0.1) is 0 Å². The number of aliphatic carboxylic acids is 1. The summed E-state index contributed by atoms with van der Waals surface area (Å²) < 4.78 is 0. The second-order valence-corrected chi connectivity index (χ2v) is 3.88. The highest BCUT2D eigenvalue weighted by Gasteiger charge is 2.05. The smallest absolute Gasteiger partial charge is 0.331 e. The molecule has 0 fully saturated rings. The Bertz CT molecular complexity index is 460. The Morgan fingerprint density at radius 1 is 1.44 bits per heavy atom. The first-order valence-corrected chi connectivity index (χ1v) is 5.72. The zero-order valence-electron chi connectivity index (χ0n) is 10.3. The van der Waals surface area contributed by atoms with Gasteiger partial charge in [0.15, 0.2) is 0 Å². The molecule has 0 unspecified atom stereocenters. The summed E-state index contributed by atoms with van der Waals surface area (Å²) in [5.41, 5.74) is 1.30. The predicted molar refractivity (Wildman–Crippen MR) is 70.3 cm³/mol. The van der Waals surface area contributed by atoms with Gasteiger partial charge in [-0.3, -0.25) is 0 Å². The molecule has 0 aliphatic carbocycles. The van der Waals surface area contributed by atoms with Crippen LogP contribution in [0.3, 0.4) is 0 Å². The molecule has 0 radical (unpaired) electrons. The van der Waals surface area contributed by atoms with Crippen LogP contribution in [0.4, 0.5) is 5.69 Å². The van der Waals surface area contributed by atoms with E-state index in [9.17, 15) is 4.79 Å². The van der Waals surface area contributed by atoms with Gasteiger partial charge in [-0.05, 0) is 19.1 Å². The molecule has 1 aromatic carbocycles. The summed E-state index contributed by atoms with van der Waals surface area (Å²) in [5.74, 6) is -0.914. The molecule has 1 N–H and O–H groups in total. The van der Waals surface area contributed by atoms with Gasteiger partial charge in [-0.1, -0.05) is 24.3 Å². The summed E-state index contributed by atoms with van der Waals surface area (Å²) in [6.45, 7) is 2.64. The van der Waals surface area contributed by atoms with Gasteiger partial charge < -0.3 is 10.0 Å². The lowest BCUT2D eigenvalue weighted by Gasteiger charge is -2.22. The van der Waals surface area contributed by atoms with Crippen LogP contribution in [0.15, 0.2) is 42.0 Å². The van der Waals surface area contributed by atoms with Crippen molar-refractivity contribution >= 4 is 11.7 Å². The van der Waals surface area contributed by atoms with Gasteiger partial charge in [0.1, 0.15) is 0 Å². The van der Waals surface area contributed by atoms with Gasteiger partial charge in [0, 0.05) is 24.4 Å². The van der Waals surface area contributed by atoms with Gasteiger partial charge in [0.05, 0.1) is 12.5 Å². The molecule has 94 valence electrons. The summed E-state index contributed by atoms with van der Waals surface area (Å²) in [6, 6.07) is 11.8. The Hall–Kier alpha value is -2.28. The minimum atomic E-state index is -0.914. The maximum absolute atomic E-state index is 10.7. The number of anilines is 1. The lowest BCUT2D eigenvalue weighted by molar-refractivity contribution is -0.132. The zero-order chi connectivity index (χ0) is 13.4. The fourth-order valence-corrected chi connectivity index (χ4v) is 1.48. The van der Waals surface area contributed by atoms with Crippen molar-refractivity contribution in [2.24, 2.45) is 0 Å². The number of benzene rings is 1. The molecule has 1 aromatic rings. The van der Waals surface area contributed by atoms with Crippen LogP contribution in [0.25, 0.3) is 0 Å². The summed E-state index contributed by atoms with van der Waals surface area (Å²) in [6.07, 6.45) is 2.07. The van der Waals surface area contributed by atoms with E-state index >= 15 is 0 Å². The highest BCUT2D eigenvalue weighted by Crippen LogP contribution is 2.13. The third-order valence-corrected chi connectivity index (χ3v) is 2.57. The van der Waals surface area contributed by atoms with E-state index in [-0.39, 0.29) is 0 Å². The van der Waals surface area contributed by atoms with Crippen molar-refractivity contribution < 1.29 is 9.90 Å². The quantitative estimate of drug-likeness (QED) is 0.780. The zero-order valence-corrected chi connectivity index (χ0v) is 10.3. The van der Waals surface area contributed by atoms with Crippen molar-refractivity contribution in [2.45, 2.75) is 13.3 Å². The largest absolute Gasteiger partial charge is 0.478 e. The van der Waals surface area contributed by atoms with E-state index in [1.807, 2.05) is 35.2 Å².